The lowest BCUT2D eigenvalue weighted by Crippen LogP contribution is -3.11. The van der Waals surface area contributed by atoms with E-state index in [1.54, 1.807) is 0 Å². The Hall–Kier alpha value is -2.86. The monoisotopic (exact) mass is 342 g/mol. The minimum absolute atomic E-state index is 0.345. The van der Waals surface area contributed by atoms with Gasteiger partial charge in [-0.15, -0.1) is 0 Å². The number of urea groups is 1. The van der Waals surface area contributed by atoms with E-state index in [2.05, 4.69) is 10.6 Å². The van der Waals surface area contributed by atoms with E-state index < -0.39 is 12.1 Å². The molecule has 3 N–H and O–H groups in total. The highest BCUT2D eigenvalue weighted by atomic mass is 16.5. The first-order valence-corrected chi connectivity index (χ1v) is 8.19. The van der Waals surface area contributed by atoms with Gasteiger partial charge >= 0.3 is 6.03 Å². The van der Waals surface area contributed by atoms with Crippen molar-refractivity contribution in [3.63, 3.8) is 0 Å². The summed E-state index contributed by atoms with van der Waals surface area (Å²) in [4.78, 5) is 25.0. The molecule has 3 amide bonds. The summed E-state index contributed by atoms with van der Waals surface area (Å²) >= 11 is 0. The van der Waals surface area contributed by atoms with Crippen LogP contribution < -0.4 is 20.3 Å². The van der Waals surface area contributed by atoms with E-state index in [0.717, 1.165) is 16.2 Å². The lowest BCUT2D eigenvalue weighted by Gasteiger charge is -2.24. The van der Waals surface area contributed by atoms with E-state index in [-0.39, 0.29) is 5.91 Å². The molecule has 0 saturated heterocycles. The fourth-order valence-corrected chi connectivity index (χ4v) is 2.54. The third-order valence-corrected chi connectivity index (χ3v) is 3.86. The SMILES string of the molecule is CNC(=O)NC(=O)[C@@H](c1ccccc1)[NH+](C)CCOc1ccccc1. The quantitative estimate of drug-likeness (QED) is 0.696. The fourth-order valence-electron chi connectivity index (χ4n) is 2.54. The predicted octanol–water partition coefficient (Wildman–Crippen LogP) is 0.777. The van der Waals surface area contributed by atoms with Gasteiger partial charge in [0.25, 0.3) is 5.91 Å². The van der Waals surface area contributed by atoms with Crippen LogP contribution in [0.25, 0.3) is 0 Å². The van der Waals surface area contributed by atoms with Crippen LogP contribution in [0.1, 0.15) is 11.6 Å². The van der Waals surface area contributed by atoms with Crippen LogP contribution in [0, 0.1) is 0 Å². The molecule has 2 aromatic rings. The van der Waals surface area contributed by atoms with Gasteiger partial charge in [-0.2, -0.15) is 0 Å². The minimum atomic E-state index is -0.515. The van der Waals surface area contributed by atoms with Gasteiger partial charge in [0.1, 0.15) is 18.9 Å². The van der Waals surface area contributed by atoms with E-state index >= 15 is 0 Å². The molecule has 6 heteroatoms. The van der Waals surface area contributed by atoms with E-state index in [0.29, 0.717) is 13.2 Å². The molecule has 2 rings (SSSR count). The lowest BCUT2D eigenvalue weighted by atomic mass is 10.0. The average Bonchev–Trinajstić information content (AvgIpc) is 2.63. The van der Waals surface area contributed by atoms with Crippen LogP contribution in [0.15, 0.2) is 60.7 Å². The molecule has 0 aliphatic heterocycles. The maximum absolute atomic E-state index is 12.6. The van der Waals surface area contributed by atoms with Crippen LogP contribution in [0.4, 0.5) is 4.79 Å². The van der Waals surface area contributed by atoms with E-state index in [9.17, 15) is 9.59 Å². The highest BCUT2D eigenvalue weighted by Gasteiger charge is 2.30. The third-order valence-electron chi connectivity index (χ3n) is 3.86. The second kappa shape index (κ2) is 9.44. The van der Waals surface area contributed by atoms with Crippen LogP contribution in [-0.4, -0.2) is 39.2 Å². The molecular formula is C19H24N3O3+. The maximum atomic E-state index is 12.6. The van der Waals surface area contributed by atoms with Gasteiger partial charge in [-0.1, -0.05) is 48.5 Å². The Balaban J connectivity index is 2.03. The number of benzene rings is 2. The van der Waals surface area contributed by atoms with Crippen molar-refractivity contribution in [2.45, 2.75) is 6.04 Å². The van der Waals surface area contributed by atoms with Crippen LogP contribution >= 0.6 is 0 Å². The minimum Gasteiger partial charge on any atom is -0.488 e. The van der Waals surface area contributed by atoms with E-state index in [4.69, 9.17) is 4.74 Å². The summed E-state index contributed by atoms with van der Waals surface area (Å²) in [5.74, 6) is 0.448. The second-order valence-corrected chi connectivity index (χ2v) is 5.67. The first kappa shape index (κ1) is 18.5. The fraction of sp³-hybridized carbons (Fsp3) is 0.263. The van der Waals surface area contributed by atoms with Crippen molar-refractivity contribution < 1.29 is 19.2 Å². The summed E-state index contributed by atoms with van der Waals surface area (Å²) in [5, 5.41) is 4.77. The van der Waals surface area contributed by atoms with Crippen molar-refractivity contribution in [3.05, 3.63) is 66.2 Å². The molecule has 0 bridgehead atoms. The summed E-state index contributed by atoms with van der Waals surface area (Å²) in [6, 6.07) is 17.9. The van der Waals surface area contributed by atoms with Gasteiger partial charge in [-0.3, -0.25) is 10.1 Å². The largest absolute Gasteiger partial charge is 0.488 e. The summed E-state index contributed by atoms with van der Waals surface area (Å²) in [7, 11) is 3.39. The van der Waals surface area contributed by atoms with Gasteiger partial charge in [0.05, 0.1) is 7.05 Å². The number of rotatable bonds is 7. The number of para-hydroxylation sites is 1. The van der Waals surface area contributed by atoms with Gasteiger partial charge in [-0.05, 0) is 12.1 Å². The molecule has 0 aliphatic rings. The van der Waals surface area contributed by atoms with Crippen LogP contribution in [0.5, 0.6) is 5.75 Å². The number of nitrogens with one attached hydrogen (secondary N) is 3. The van der Waals surface area contributed by atoms with Crippen LogP contribution in [0.3, 0.4) is 0 Å². The predicted molar refractivity (Wildman–Crippen MR) is 95.5 cm³/mol. The first-order valence-electron chi connectivity index (χ1n) is 8.19. The molecule has 0 aliphatic carbocycles. The van der Waals surface area contributed by atoms with Crippen molar-refractivity contribution in [1.82, 2.24) is 10.6 Å². The number of imide groups is 1. The zero-order valence-corrected chi connectivity index (χ0v) is 14.5. The molecule has 1 unspecified atom stereocenters. The molecule has 0 heterocycles. The summed E-state index contributed by atoms with van der Waals surface area (Å²) in [6.45, 7) is 1.07. The number of ether oxygens (including phenoxy) is 1. The summed E-state index contributed by atoms with van der Waals surface area (Å²) in [5.41, 5.74) is 0.848. The van der Waals surface area contributed by atoms with Crippen molar-refractivity contribution in [1.29, 1.82) is 0 Å². The Morgan fingerprint density at radius 2 is 1.64 bits per heavy atom. The summed E-state index contributed by atoms with van der Waals surface area (Å²) in [6.07, 6.45) is 0. The smallest absolute Gasteiger partial charge is 0.321 e. The molecule has 0 aromatic heterocycles. The highest BCUT2D eigenvalue weighted by Crippen LogP contribution is 2.10. The Labute approximate surface area is 147 Å². The lowest BCUT2D eigenvalue weighted by molar-refractivity contribution is -0.902. The Kier molecular flexibility index (Phi) is 6.98. The average molecular weight is 342 g/mol. The number of carbonyl (C=O) groups excluding carboxylic acids is 2. The highest BCUT2D eigenvalue weighted by molar-refractivity contribution is 5.96. The normalized spacial score (nSPS) is 12.7. The molecule has 25 heavy (non-hydrogen) atoms. The molecule has 2 atom stereocenters. The Morgan fingerprint density at radius 3 is 2.24 bits per heavy atom. The topological polar surface area (TPSA) is 71.9 Å². The van der Waals surface area contributed by atoms with Crippen LogP contribution in [-0.2, 0) is 4.79 Å². The zero-order valence-electron chi connectivity index (χ0n) is 14.5. The van der Waals surface area contributed by atoms with Crippen LogP contribution in [0.2, 0.25) is 0 Å². The van der Waals surface area contributed by atoms with E-state index in [1.165, 1.54) is 7.05 Å². The van der Waals surface area contributed by atoms with Crippen molar-refractivity contribution in [3.8, 4) is 5.75 Å². The Morgan fingerprint density at radius 1 is 1.04 bits per heavy atom. The van der Waals surface area contributed by atoms with Crippen molar-refractivity contribution >= 4 is 11.9 Å². The van der Waals surface area contributed by atoms with Gasteiger partial charge in [0.2, 0.25) is 0 Å². The molecule has 0 radical (unpaired) electrons. The molecule has 0 fully saturated rings. The van der Waals surface area contributed by atoms with Gasteiger partial charge in [0, 0.05) is 12.6 Å². The zero-order chi connectivity index (χ0) is 18.1. The standard InChI is InChI=1S/C19H23N3O3/c1-20-19(24)21-18(23)17(15-9-5-3-6-10-15)22(2)13-14-25-16-11-7-4-8-12-16/h3-12,17H,13-14H2,1-2H3,(H2,20,21,23,24)/p+1/t17-/m1/s1. The molecule has 0 saturated carbocycles. The number of carbonyl (C=O) groups is 2. The molecule has 0 spiro atoms. The van der Waals surface area contributed by atoms with Gasteiger partial charge in [-0.25, -0.2) is 4.79 Å². The van der Waals surface area contributed by atoms with Crippen molar-refractivity contribution in [2.24, 2.45) is 0 Å². The molecule has 132 valence electrons. The Bertz CT molecular complexity index is 677. The van der Waals surface area contributed by atoms with Gasteiger partial charge in [0.15, 0.2) is 6.04 Å². The first-order chi connectivity index (χ1) is 12.1. The molecule has 2 aromatic carbocycles. The number of quaternary nitrogens is 1. The summed E-state index contributed by atoms with van der Waals surface area (Å²) < 4.78 is 5.71. The third kappa shape index (κ3) is 5.61. The second-order valence-electron chi connectivity index (χ2n) is 5.67. The number of hydrogen-bond acceptors (Lipinski definition) is 3. The molecular weight excluding hydrogens is 318 g/mol. The maximum Gasteiger partial charge on any atom is 0.321 e. The van der Waals surface area contributed by atoms with Crippen molar-refractivity contribution in [2.75, 3.05) is 27.2 Å². The molecule has 6 nitrogen and oxygen atoms in total. The van der Waals surface area contributed by atoms with E-state index in [1.807, 2.05) is 67.7 Å². The number of likely N-dealkylation sites (N-methyl/N-ethyl adjacent to an activating group) is 1. The van der Waals surface area contributed by atoms with Gasteiger partial charge < -0.3 is 15.0 Å². The number of hydrogen-bond donors (Lipinski definition) is 3. The number of amides is 3.